The predicted molar refractivity (Wildman–Crippen MR) is 105 cm³/mol. The van der Waals surface area contributed by atoms with E-state index in [0.29, 0.717) is 6.42 Å². The van der Waals surface area contributed by atoms with E-state index in [1.807, 2.05) is 27.7 Å². The van der Waals surface area contributed by atoms with E-state index in [0.717, 1.165) is 12.8 Å². The molecule has 0 aliphatic carbocycles. The maximum atomic E-state index is 12.4. The average Bonchev–Trinajstić information content (AvgIpc) is 2.84. The van der Waals surface area contributed by atoms with Gasteiger partial charge in [0.15, 0.2) is 0 Å². The van der Waals surface area contributed by atoms with Crippen molar-refractivity contribution in [3.05, 3.63) is 0 Å². The van der Waals surface area contributed by atoms with Crippen LogP contribution in [0.5, 0.6) is 0 Å². The van der Waals surface area contributed by atoms with Gasteiger partial charge in [-0.1, -0.05) is 0 Å². The number of carbonyl (C=O) groups excluding carboxylic acids is 2. The van der Waals surface area contributed by atoms with E-state index in [4.69, 9.17) is 9.47 Å². The number of ether oxygens (including phenoxy) is 2. The number of rotatable bonds is 6. The number of carbonyl (C=O) groups is 2. The van der Waals surface area contributed by atoms with E-state index in [1.54, 1.807) is 0 Å². The number of hydrogen-bond donors (Lipinski definition) is 2. The topological polar surface area (TPSA) is 76.7 Å². The lowest BCUT2D eigenvalue weighted by Gasteiger charge is -2.27. The largest absolute Gasteiger partial charge is 0.465 e. The Labute approximate surface area is 164 Å². The number of esters is 2. The van der Waals surface area contributed by atoms with Crippen LogP contribution in [-0.2, 0) is 19.1 Å². The third-order valence-corrected chi connectivity index (χ3v) is 5.84. The molecule has 2 rings (SSSR count). The van der Waals surface area contributed by atoms with Crippen molar-refractivity contribution in [2.24, 2.45) is 11.8 Å². The normalized spacial score (nSPS) is 30.1. The molecule has 0 radical (unpaired) electrons. The Morgan fingerprint density at radius 1 is 0.741 bits per heavy atom. The van der Waals surface area contributed by atoms with Crippen molar-refractivity contribution in [2.75, 3.05) is 13.2 Å². The minimum absolute atomic E-state index is 0.0708. The molecule has 0 aromatic heterocycles. The summed E-state index contributed by atoms with van der Waals surface area (Å²) in [5, 5.41) is 6.97. The second-order valence-electron chi connectivity index (χ2n) is 10.7. The summed E-state index contributed by atoms with van der Waals surface area (Å²) in [6, 6.07) is 0. The maximum Gasteiger partial charge on any atom is 0.310 e. The third kappa shape index (κ3) is 5.44. The fraction of sp³-hybridized carbons (Fsp3) is 0.905. The van der Waals surface area contributed by atoms with Gasteiger partial charge in [-0.3, -0.25) is 9.59 Å². The Morgan fingerprint density at radius 2 is 1.07 bits per heavy atom. The summed E-state index contributed by atoms with van der Waals surface area (Å²) in [4.78, 5) is 24.9. The van der Waals surface area contributed by atoms with Gasteiger partial charge < -0.3 is 20.1 Å². The highest BCUT2D eigenvalue weighted by atomic mass is 16.5. The fourth-order valence-corrected chi connectivity index (χ4v) is 4.91. The molecule has 27 heavy (non-hydrogen) atoms. The van der Waals surface area contributed by atoms with Gasteiger partial charge in [-0.05, 0) is 68.2 Å². The van der Waals surface area contributed by atoms with E-state index in [9.17, 15) is 9.59 Å². The van der Waals surface area contributed by atoms with E-state index >= 15 is 0 Å². The Hall–Kier alpha value is -1.14. The van der Waals surface area contributed by atoms with Gasteiger partial charge >= 0.3 is 11.9 Å². The Balaban J connectivity index is 1.72. The zero-order chi connectivity index (χ0) is 20.7. The van der Waals surface area contributed by atoms with Gasteiger partial charge in [-0.2, -0.15) is 0 Å². The second kappa shape index (κ2) is 7.36. The first-order valence-electron chi connectivity index (χ1n) is 10.1. The monoisotopic (exact) mass is 382 g/mol. The van der Waals surface area contributed by atoms with Crippen molar-refractivity contribution in [1.82, 2.24) is 10.6 Å². The molecule has 0 saturated carbocycles. The molecule has 2 fully saturated rings. The fourth-order valence-electron chi connectivity index (χ4n) is 4.91. The van der Waals surface area contributed by atoms with Crippen LogP contribution in [0, 0.1) is 11.8 Å². The first-order valence-corrected chi connectivity index (χ1v) is 10.1. The Bertz CT molecular complexity index is 531. The highest BCUT2D eigenvalue weighted by Crippen LogP contribution is 2.37. The van der Waals surface area contributed by atoms with Crippen molar-refractivity contribution in [3.8, 4) is 0 Å². The molecular weight excluding hydrogens is 344 g/mol. The van der Waals surface area contributed by atoms with Crippen LogP contribution >= 0.6 is 0 Å². The summed E-state index contributed by atoms with van der Waals surface area (Å²) in [6.45, 7) is 17.1. The van der Waals surface area contributed by atoms with Crippen LogP contribution in [0.1, 0.15) is 74.7 Å². The molecule has 2 atom stereocenters. The minimum atomic E-state index is -0.277. The van der Waals surface area contributed by atoms with Crippen LogP contribution in [0.4, 0.5) is 0 Å². The van der Waals surface area contributed by atoms with Gasteiger partial charge in [-0.15, -0.1) is 0 Å². The molecule has 2 saturated heterocycles. The standard InChI is InChI=1S/C21H38N2O4/c1-18(2)12-14(20(5,6)22-18)16(24)26-10-9-11-27-17(25)15-13-19(3,4)23-21(15,7)8/h14-15,22-23H,9-13H2,1-8H3. The molecule has 0 spiro atoms. The van der Waals surface area contributed by atoms with Crippen LogP contribution < -0.4 is 10.6 Å². The summed E-state index contributed by atoms with van der Waals surface area (Å²) in [7, 11) is 0. The highest BCUT2D eigenvalue weighted by molar-refractivity contribution is 5.75. The molecule has 2 aliphatic heterocycles. The molecule has 2 N–H and O–H groups in total. The molecule has 2 aliphatic rings. The summed E-state index contributed by atoms with van der Waals surface area (Å²) in [5.74, 6) is -0.676. The molecule has 156 valence electrons. The molecule has 0 bridgehead atoms. The number of hydrogen-bond acceptors (Lipinski definition) is 6. The van der Waals surface area contributed by atoms with Gasteiger partial charge in [0.2, 0.25) is 0 Å². The van der Waals surface area contributed by atoms with Crippen LogP contribution in [0.2, 0.25) is 0 Å². The first-order chi connectivity index (χ1) is 12.2. The zero-order valence-electron chi connectivity index (χ0n) is 18.3. The van der Waals surface area contributed by atoms with Crippen molar-refractivity contribution < 1.29 is 19.1 Å². The molecule has 0 aromatic carbocycles. The Morgan fingerprint density at radius 3 is 1.33 bits per heavy atom. The molecular formula is C21H38N2O4. The lowest BCUT2D eigenvalue weighted by molar-refractivity contribution is -0.152. The van der Waals surface area contributed by atoms with Crippen molar-refractivity contribution in [3.63, 3.8) is 0 Å². The van der Waals surface area contributed by atoms with E-state index in [1.165, 1.54) is 0 Å². The summed E-state index contributed by atoms with van der Waals surface area (Å²) >= 11 is 0. The van der Waals surface area contributed by atoms with Crippen LogP contribution in [0.15, 0.2) is 0 Å². The van der Waals surface area contributed by atoms with E-state index < -0.39 is 0 Å². The van der Waals surface area contributed by atoms with Gasteiger partial charge in [0, 0.05) is 28.6 Å². The maximum absolute atomic E-state index is 12.4. The molecule has 0 amide bonds. The first kappa shape index (κ1) is 22.2. The van der Waals surface area contributed by atoms with Gasteiger partial charge in [0.1, 0.15) is 0 Å². The predicted octanol–water partition coefficient (Wildman–Crippen LogP) is 2.80. The average molecular weight is 383 g/mol. The van der Waals surface area contributed by atoms with Crippen molar-refractivity contribution in [1.29, 1.82) is 0 Å². The number of nitrogens with one attached hydrogen (secondary N) is 2. The van der Waals surface area contributed by atoms with Crippen molar-refractivity contribution >= 4 is 11.9 Å². The molecule has 0 aromatic rings. The minimum Gasteiger partial charge on any atom is -0.465 e. The SMILES string of the molecule is CC1(C)CC(C(=O)OCCCOC(=O)C2CC(C)(C)NC2(C)C)C(C)(C)N1. The summed E-state index contributed by atoms with van der Waals surface area (Å²) in [5.41, 5.74) is -0.695. The van der Waals surface area contributed by atoms with E-state index in [2.05, 4.69) is 38.3 Å². The lowest BCUT2D eigenvalue weighted by atomic mass is 9.87. The Kier molecular flexibility index (Phi) is 6.04. The highest BCUT2D eigenvalue weighted by Gasteiger charge is 2.49. The van der Waals surface area contributed by atoms with Gasteiger partial charge in [0.25, 0.3) is 0 Å². The molecule has 6 heteroatoms. The molecule has 2 heterocycles. The summed E-state index contributed by atoms with van der Waals surface area (Å²) < 4.78 is 10.9. The molecule has 6 nitrogen and oxygen atoms in total. The van der Waals surface area contributed by atoms with Crippen molar-refractivity contribution in [2.45, 2.75) is 96.8 Å². The van der Waals surface area contributed by atoms with Gasteiger partial charge in [0.05, 0.1) is 25.0 Å². The van der Waals surface area contributed by atoms with Crippen LogP contribution in [-0.4, -0.2) is 47.3 Å². The summed E-state index contributed by atoms with van der Waals surface area (Å²) in [6.07, 6.45) is 2.03. The third-order valence-electron chi connectivity index (χ3n) is 5.84. The van der Waals surface area contributed by atoms with Crippen LogP contribution in [0.25, 0.3) is 0 Å². The second-order valence-corrected chi connectivity index (χ2v) is 10.7. The van der Waals surface area contributed by atoms with E-state index in [-0.39, 0.29) is 59.1 Å². The molecule has 2 unspecified atom stereocenters. The quantitative estimate of drug-likeness (QED) is 0.543. The smallest absolute Gasteiger partial charge is 0.310 e. The van der Waals surface area contributed by atoms with Crippen LogP contribution in [0.3, 0.4) is 0 Å². The zero-order valence-corrected chi connectivity index (χ0v) is 18.3. The van der Waals surface area contributed by atoms with Gasteiger partial charge in [-0.25, -0.2) is 0 Å². The lowest BCUT2D eigenvalue weighted by Crippen LogP contribution is -2.46.